The first-order valence-corrected chi connectivity index (χ1v) is 35.1. The van der Waals surface area contributed by atoms with Crippen LogP contribution in [0, 0.1) is 45.3 Å². The number of piperidine rings is 4. The minimum atomic E-state index is -0.264. The number of hydrogen-bond acceptors (Lipinski definition) is 24. The molecule has 0 bridgehead atoms. The second-order valence-corrected chi connectivity index (χ2v) is 26.5. The summed E-state index contributed by atoms with van der Waals surface area (Å²) in [6.45, 7) is 7.08. The number of hydrazone groups is 1. The summed E-state index contributed by atoms with van der Waals surface area (Å²) in [5.41, 5.74) is 30.2. The summed E-state index contributed by atoms with van der Waals surface area (Å²) in [6, 6.07) is 37.8. The monoisotopic (exact) mass is 1420 g/mol. The summed E-state index contributed by atoms with van der Waals surface area (Å²) in [7, 11) is 0. The topological polar surface area (TPSA) is 395 Å². The summed E-state index contributed by atoms with van der Waals surface area (Å²) in [5.74, 6) is 2.69. The van der Waals surface area contributed by atoms with Gasteiger partial charge in [0.2, 0.25) is 17.5 Å². The van der Waals surface area contributed by atoms with E-state index in [-0.39, 0.29) is 66.1 Å². The number of allylic oxidation sites excluding steroid dienone is 1. The number of nitrogens with zero attached hydrogens (tertiary/aromatic N) is 24. The molecule has 4 fully saturated rings. The molecule has 12 heterocycles. The molecule has 0 saturated carbocycles. The number of imidazole rings is 2. The zero-order chi connectivity index (χ0) is 73.8. The number of hydrogen-bond donors (Lipinski definition) is 4. The van der Waals surface area contributed by atoms with Crippen LogP contribution in [0.3, 0.4) is 0 Å². The zero-order valence-corrected chi connectivity index (χ0v) is 58.3. The van der Waals surface area contributed by atoms with Crippen molar-refractivity contribution in [2.45, 2.75) is 102 Å². The number of nitriles is 4. The van der Waals surface area contributed by atoms with Gasteiger partial charge in [-0.3, -0.25) is 33.5 Å². The van der Waals surface area contributed by atoms with Crippen LogP contribution in [-0.2, 0) is 26.2 Å². The highest BCUT2D eigenvalue weighted by atomic mass is 16.2. The van der Waals surface area contributed by atoms with Crippen molar-refractivity contribution in [3.05, 3.63) is 236 Å². The van der Waals surface area contributed by atoms with Gasteiger partial charge >= 0.3 is 12.1 Å². The zero-order valence-electron chi connectivity index (χ0n) is 58.3. The molecular formula is C74H80N28O4. The number of rotatable bonds is 12. The lowest BCUT2D eigenvalue weighted by Gasteiger charge is -2.45. The smallest absolute Gasteiger partial charge is 0.355 e. The fourth-order valence-electron chi connectivity index (χ4n) is 13.9. The van der Waals surface area contributed by atoms with Crippen LogP contribution < -0.4 is 43.9 Å². The third-order valence-electron chi connectivity index (χ3n) is 19.3. The summed E-state index contributed by atoms with van der Waals surface area (Å²) >= 11 is 0. The highest BCUT2D eigenvalue weighted by Crippen LogP contribution is 2.31. The van der Waals surface area contributed by atoms with Crippen LogP contribution in [0.25, 0.3) is 11.2 Å². The van der Waals surface area contributed by atoms with Gasteiger partial charge in [0.15, 0.2) is 5.52 Å². The van der Waals surface area contributed by atoms with Crippen molar-refractivity contribution in [2.24, 2.45) is 33.0 Å². The number of carbonyl (C=O) groups is 2. The molecule has 8 aliphatic rings. The molecule has 4 saturated heterocycles. The Balaban J connectivity index is 0.000000125. The van der Waals surface area contributed by atoms with E-state index in [9.17, 15) is 40.2 Å². The summed E-state index contributed by atoms with van der Waals surface area (Å²) < 4.78 is 6.22. The van der Waals surface area contributed by atoms with Gasteiger partial charge in [-0.25, -0.2) is 38.6 Å². The van der Waals surface area contributed by atoms with Gasteiger partial charge < -0.3 is 42.5 Å². The van der Waals surface area contributed by atoms with E-state index in [2.05, 4.69) is 64.3 Å². The minimum Gasteiger partial charge on any atom is -0.355 e. The van der Waals surface area contributed by atoms with E-state index in [4.69, 9.17) is 22.9 Å². The largest absolute Gasteiger partial charge is 0.366 e. The second-order valence-electron chi connectivity index (χ2n) is 26.5. The van der Waals surface area contributed by atoms with Crippen molar-refractivity contribution >= 4 is 47.7 Å². The lowest BCUT2D eigenvalue weighted by Crippen LogP contribution is -2.56. The SMILES string of the molecule is N#Cc1ccccc1CN1C(=O)N2C=NC=CN2C=C1N1CCC[C@@H](N)C1.N#Cc1ccccc1CN1C(=O)N2N=CC=CN2C=C1N1CCC[C@@H](N)C1.N#Cc1ccccc1Cn1c(N2CCC[C@@H](N)C2)nn2ccnc2c1=O.N#Cc1ccccc1Cn1c(N2CCC[C@@H](N)C2)nn2cncc2c1=O. The standard InChI is InChI=1S/2C19H21N7O.2C18H19N7O/c20-11-15-5-1-2-6-16(15)12-25-18(23-9-3-7-17(21)13-23)14-24-10-4-8-22-26(24)19(25)27;20-10-15-4-1-2-5-16(15)11-25-18(23-8-3-6-17(21)12-23)13-24-9-7-22-14-26(24)19(25)27;19-10-13-4-1-2-5-14(13)11-24-17(26)16-21-7-9-25(16)22-18(24)23-8-3-6-15(20)12-23;19-8-13-4-1-2-5-14(13)10-24-17(26)16-9-21-12-25(16)22-18(24)23-7-3-6-15(20)11-23/h1-2,4-6,8,10,14,17H,3,7,9,12-13,21H2;1-2,4-5,7,9,13-14,17H,3,6,8,11-12,21H2;1-2,4-5,7,9,15H,3,6,8,11-12,20H2;1-2,4-5,9,12,15H,3,6-7,10-11,20H2/t2*17-;2*15-/m1111/s1. The molecule has 4 amide bonds. The molecule has 4 aromatic heterocycles. The molecule has 8 N–H and O–H groups in total. The summed E-state index contributed by atoms with van der Waals surface area (Å²) in [4.78, 5) is 76.4. The molecule has 4 atom stereocenters. The number of fused-ring (bicyclic) bond motifs is 4. The Morgan fingerprint density at radius 1 is 0.500 bits per heavy atom. The Hall–Kier alpha value is -13.0. The third-order valence-corrected chi connectivity index (χ3v) is 19.3. The van der Waals surface area contributed by atoms with Gasteiger partial charge in [-0.05, 0) is 104 Å². The van der Waals surface area contributed by atoms with Gasteiger partial charge in [0.1, 0.15) is 24.3 Å². The summed E-state index contributed by atoms with van der Waals surface area (Å²) in [5, 5.41) is 57.1. The third kappa shape index (κ3) is 15.7. The van der Waals surface area contributed by atoms with Crippen LogP contribution in [0.5, 0.6) is 0 Å². The predicted octanol–water partition coefficient (Wildman–Crippen LogP) is 4.97. The van der Waals surface area contributed by atoms with Gasteiger partial charge in [0, 0.05) is 108 Å². The number of benzene rings is 4. The fraction of sp³-hybridized carbons (Fsp3) is 0.324. The normalized spacial score (nSPS) is 19.7. The van der Waals surface area contributed by atoms with Crippen LogP contribution in [0.15, 0.2) is 190 Å². The van der Waals surface area contributed by atoms with Gasteiger partial charge in [-0.15, -0.1) is 15.3 Å². The van der Waals surface area contributed by atoms with Gasteiger partial charge in [0.25, 0.3) is 11.1 Å². The Kier molecular flexibility index (Phi) is 21.9. The lowest BCUT2D eigenvalue weighted by atomic mass is 10.1. The van der Waals surface area contributed by atoms with E-state index in [0.717, 1.165) is 111 Å². The van der Waals surface area contributed by atoms with Gasteiger partial charge in [-0.2, -0.15) is 31.2 Å². The maximum atomic E-state index is 13.2. The van der Waals surface area contributed by atoms with Crippen molar-refractivity contribution in [1.29, 1.82) is 21.0 Å². The fourth-order valence-corrected chi connectivity index (χ4v) is 13.9. The molecule has 106 heavy (non-hydrogen) atoms. The number of nitrogens with two attached hydrogens (primary N) is 4. The molecule has 0 spiro atoms. The maximum absolute atomic E-state index is 13.2. The quantitative estimate of drug-likeness (QED) is 0.125. The molecule has 0 radical (unpaired) electrons. The molecule has 0 aliphatic carbocycles. The van der Waals surface area contributed by atoms with Gasteiger partial charge in [-0.1, -0.05) is 72.8 Å². The number of amides is 4. The van der Waals surface area contributed by atoms with E-state index >= 15 is 0 Å². The molecule has 4 aromatic carbocycles. The number of aliphatic imine (C=N–C) groups is 1. The molecule has 16 rings (SSSR count). The van der Waals surface area contributed by atoms with E-state index in [0.29, 0.717) is 78.9 Å². The summed E-state index contributed by atoms with van der Waals surface area (Å²) in [6.07, 6.45) is 27.8. The number of urea groups is 2. The first kappa shape index (κ1) is 71.4. The van der Waals surface area contributed by atoms with Crippen molar-refractivity contribution < 1.29 is 9.59 Å². The Morgan fingerprint density at radius 2 is 0.943 bits per heavy atom. The number of anilines is 2. The highest BCUT2D eigenvalue weighted by Gasteiger charge is 2.39. The molecular weight excluding hydrogens is 1350 g/mol. The Labute approximate surface area is 610 Å². The van der Waals surface area contributed by atoms with Crippen LogP contribution in [-0.4, -0.2) is 179 Å². The molecule has 32 nitrogen and oxygen atoms in total. The minimum absolute atomic E-state index is 0.0546. The van der Waals surface area contributed by atoms with E-state index in [1.54, 1.807) is 96.5 Å². The van der Waals surface area contributed by atoms with Crippen molar-refractivity contribution in [1.82, 2.24) is 78.1 Å². The molecule has 8 aromatic rings. The first-order chi connectivity index (χ1) is 51.7. The molecule has 32 heteroatoms. The molecule has 0 unspecified atom stereocenters. The number of hydrazine groups is 2. The van der Waals surface area contributed by atoms with Crippen molar-refractivity contribution in [3.63, 3.8) is 0 Å². The van der Waals surface area contributed by atoms with Crippen LogP contribution in [0.2, 0.25) is 0 Å². The first-order valence-electron chi connectivity index (χ1n) is 35.1. The average molecular weight is 1430 g/mol. The predicted molar refractivity (Wildman–Crippen MR) is 394 cm³/mol. The van der Waals surface area contributed by atoms with E-state index < -0.39 is 0 Å². The van der Waals surface area contributed by atoms with Crippen molar-refractivity contribution in [3.8, 4) is 24.3 Å². The maximum Gasteiger partial charge on any atom is 0.366 e. The van der Waals surface area contributed by atoms with Crippen LogP contribution >= 0.6 is 0 Å². The number of carbonyl (C=O) groups excluding carboxylic acids is 2. The van der Waals surface area contributed by atoms with E-state index in [1.807, 2.05) is 95.0 Å². The number of likely N-dealkylation sites (tertiary alicyclic amines) is 2. The van der Waals surface area contributed by atoms with Crippen molar-refractivity contribution in [2.75, 3.05) is 62.2 Å². The average Bonchev–Trinajstić information content (AvgIpc) is 1.20. The molecule has 540 valence electrons. The Morgan fingerprint density at radius 3 is 1.44 bits per heavy atom. The van der Waals surface area contributed by atoms with Crippen LogP contribution in [0.4, 0.5) is 21.5 Å². The van der Waals surface area contributed by atoms with Crippen LogP contribution in [0.1, 0.15) is 95.9 Å². The lowest BCUT2D eigenvalue weighted by molar-refractivity contribution is 0.0403. The second kappa shape index (κ2) is 32.6. The number of aromatic nitrogens is 8. The van der Waals surface area contributed by atoms with E-state index in [1.165, 1.54) is 38.0 Å². The Bertz CT molecular complexity index is 4770. The van der Waals surface area contributed by atoms with Gasteiger partial charge in [0.05, 0.1) is 97.5 Å². The molecule has 8 aliphatic heterocycles. The highest BCUT2D eigenvalue weighted by molar-refractivity contribution is 5.88.